The van der Waals surface area contributed by atoms with Gasteiger partial charge in [0, 0.05) is 0 Å². The Hall–Kier alpha value is -2.29. The molecule has 0 heterocycles. The molecule has 0 aliphatic carbocycles. The van der Waals surface area contributed by atoms with Gasteiger partial charge >= 0.3 is 5.97 Å². The summed E-state index contributed by atoms with van der Waals surface area (Å²) >= 11 is 0. The number of aromatic hydroxyl groups is 1. The number of carbonyl (C=O) groups excluding carboxylic acids is 1. The van der Waals surface area contributed by atoms with E-state index in [4.69, 9.17) is 4.74 Å². The van der Waals surface area contributed by atoms with Crippen LogP contribution in [0, 0.1) is 6.92 Å². The molecule has 0 aromatic heterocycles. The molecule has 1 N–H and O–H groups in total. The molecule has 0 amide bonds. The van der Waals surface area contributed by atoms with E-state index >= 15 is 0 Å². The van der Waals surface area contributed by atoms with Crippen LogP contribution in [0.25, 0.3) is 0 Å². The molecular weight excluding hydrogens is 216 g/mol. The fourth-order valence-corrected chi connectivity index (χ4v) is 1.41. The molecule has 2 aromatic carbocycles. The monoisotopic (exact) mass is 228 g/mol. The first-order valence-corrected chi connectivity index (χ1v) is 5.23. The number of hydrogen-bond donors (Lipinski definition) is 1. The standard InChI is InChI=1S/C14H12O3/c1-10-5-7-13(8-6-10)17-14(16)11-3-2-4-12(15)9-11/h2-9,15H,1H3. The van der Waals surface area contributed by atoms with Crippen LogP contribution < -0.4 is 4.74 Å². The third-order valence-electron chi connectivity index (χ3n) is 2.31. The van der Waals surface area contributed by atoms with Gasteiger partial charge in [0.2, 0.25) is 0 Å². The lowest BCUT2D eigenvalue weighted by molar-refractivity contribution is 0.0734. The van der Waals surface area contributed by atoms with Gasteiger partial charge in [-0.05, 0) is 37.3 Å². The molecule has 3 heteroatoms. The minimum absolute atomic E-state index is 0.0448. The van der Waals surface area contributed by atoms with Crippen LogP contribution in [0.15, 0.2) is 48.5 Å². The van der Waals surface area contributed by atoms with Gasteiger partial charge in [0.15, 0.2) is 0 Å². The van der Waals surface area contributed by atoms with E-state index in [1.807, 2.05) is 19.1 Å². The number of hydrogen-bond acceptors (Lipinski definition) is 3. The summed E-state index contributed by atoms with van der Waals surface area (Å²) in [6, 6.07) is 13.3. The second-order valence-corrected chi connectivity index (χ2v) is 3.75. The van der Waals surface area contributed by atoms with Gasteiger partial charge in [-0.3, -0.25) is 0 Å². The Bertz CT molecular complexity index is 529. The van der Waals surface area contributed by atoms with Crippen LogP contribution in [0.4, 0.5) is 0 Å². The van der Waals surface area contributed by atoms with Gasteiger partial charge in [0.05, 0.1) is 5.56 Å². The second-order valence-electron chi connectivity index (χ2n) is 3.75. The lowest BCUT2D eigenvalue weighted by Gasteiger charge is -2.04. The number of aryl methyl sites for hydroxylation is 1. The molecule has 0 spiro atoms. The van der Waals surface area contributed by atoms with Gasteiger partial charge in [-0.25, -0.2) is 4.79 Å². The molecule has 0 aliphatic rings. The van der Waals surface area contributed by atoms with Crippen molar-refractivity contribution in [3.63, 3.8) is 0 Å². The molecule has 3 nitrogen and oxygen atoms in total. The summed E-state index contributed by atoms with van der Waals surface area (Å²) in [5.74, 6) is 0.0528. The Balaban J connectivity index is 2.14. The number of ether oxygens (including phenoxy) is 1. The highest BCUT2D eigenvalue weighted by molar-refractivity contribution is 5.91. The van der Waals surface area contributed by atoms with E-state index in [0.717, 1.165) is 5.56 Å². The van der Waals surface area contributed by atoms with E-state index in [1.54, 1.807) is 24.3 Å². The van der Waals surface area contributed by atoms with Crippen molar-refractivity contribution < 1.29 is 14.6 Å². The molecule has 2 aromatic rings. The van der Waals surface area contributed by atoms with Crippen molar-refractivity contribution in [2.24, 2.45) is 0 Å². The van der Waals surface area contributed by atoms with Crippen molar-refractivity contribution in [3.8, 4) is 11.5 Å². The zero-order chi connectivity index (χ0) is 12.3. The molecule has 0 bridgehead atoms. The van der Waals surface area contributed by atoms with Crippen molar-refractivity contribution in [2.45, 2.75) is 6.92 Å². The molecule has 0 atom stereocenters. The molecule has 0 radical (unpaired) electrons. The average molecular weight is 228 g/mol. The largest absolute Gasteiger partial charge is 0.508 e. The van der Waals surface area contributed by atoms with E-state index in [0.29, 0.717) is 11.3 Å². The van der Waals surface area contributed by atoms with Crippen LogP contribution >= 0.6 is 0 Å². The van der Waals surface area contributed by atoms with Crippen molar-refractivity contribution in [2.75, 3.05) is 0 Å². The quantitative estimate of drug-likeness (QED) is 0.635. The SMILES string of the molecule is Cc1ccc(OC(=O)c2cccc(O)c2)cc1. The van der Waals surface area contributed by atoms with Crippen molar-refractivity contribution in [1.29, 1.82) is 0 Å². The van der Waals surface area contributed by atoms with E-state index < -0.39 is 5.97 Å². The highest BCUT2D eigenvalue weighted by Crippen LogP contribution is 2.16. The Kier molecular flexibility index (Phi) is 3.10. The number of phenols is 1. The molecular formula is C14H12O3. The van der Waals surface area contributed by atoms with E-state index in [-0.39, 0.29) is 5.75 Å². The minimum atomic E-state index is -0.482. The number of rotatable bonds is 2. The van der Waals surface area contributed by atoms with Crippen molar-refractivity contribution >= 4 is 5.97 Å². The molecule has 0 unspecified atom stereocenters. The Morgan fingerprint density at radius 1 is 1.12 bits per heavy atom. The zero-order valence-corrected chi connectivity index (χ0v) is 9.38. The molecule has 0 aliphatic heterocycles. The normalized spacial score (nSPS) is 9.94. The first-order chi connectivity index (χ1) is 8.15. The summed E-state index contributed by atoms with van der Waals surface area (Å²) in [6.07, 6.45) is 0. The van der Waals surface area contributed by atoms with Gasteiger partial charge in [0.25, 0.3) is 0 Å². The fourth-order valence-electron chi connectivity index (χ4n) is 1.41. The smallest absolute Gasteiger partial charge is 0.343 e. The number of benzene rings is 2. The van der Waals surface area contributed by atoms with Crippen LogP contribution in [0.2, 0.25) is 0 Å². The van der Waals surface area contributed by atoms with Gasteiger partial charge in [-0.1, -0.05) is 23.8 Å². The van der Waals surface area contributed by atoms with E-state index in [9.17, 15) is 9.90 Å². The number of phenolic OH excluding ortho intramolecular Hbond substituents is 1. The third kappa shape index (κ3) is 2.84. The predicted octanol–water partition coefficient (Wildman–Crippen LogP) is 2.92. The maximum absolute atomic E-state index is 11.7. The summed E-state index contributed by atoms with van der Waals surface area (Å²) in [5.41, 5.74) is 1.42. The van der Waals surface area contributed by atoms with Crippen LogP contribution in [0.3, 0.4) is 0 Å². The maximum Gasteiger partial charge on any atom is 0.343 e. The zero-order valence-electron chi connectivity index (χ0n) is 9.38. The van der Waals surface area contributed by atoms with Crippen LogP contribution in [-0.4, -0.2) is 11.1 Å². The van der Waals surface area contributed by atoms with Crippen LogP contribution in [0.5, 0.6) is 11.5 Å². The first kappa shape index (κ1) is 11.2. The molecule has 86 valence electrons. The summed E-state index contributed by atoms with van der Waals surface area (Å²) in [6.45, 7) is 1.96. The lowest BCUT2D eigenvalue weighted by Crippen LogP contribution is -2.08. The van der Waals surface area contributed by atoms with E-state index in [2.05, 4.69) is 0 Å². The molecule has 17 heavy (non-hydrogen) atoms. The predicted molar refractivity (Wildman–Crippen MR) is 64.2 cm³/mol. The molecule has 2 rings (SSSR count). The lowest BCUT2D eigenvalue weighted by atomic mass is 10.2. The van der Waals surface area contributed by atoms with Crippen molar-refractivity contribution in [1.82, 2.24) is 0 Å². The minimum Gasteiger partial charge on any atom is -0.508 e. The summed E-state index contributed by atoms with van der Waals surface area (Å²) in [4.78, 5) is 11.7. The fraction of sp³-hybridized carbons (Fsp3) is 0.0714. The Morgan fingerprint density at radius 3 is 2.47 bits per heavy atom. The highest BCUT2D eigenvalue weighted by Gasteiger charge is 2.08. The van der Waals surface area contributed by atoms with Gasteiger partial charge in [-0.15, -0.1) is 0 Å². The topological polar surface area (TPSA) is 46.5 Å². The molecule has 0 saturated heterocycles. The average Bonchev–Trinajstić information content (AvgIpc) is 2.32. The number of carbonyl (C=O) groups is 1. The summed E-state index contributed by atoms with van der Waals surface area (Å²) in [7, 11) is 0. The highest BCUT2D eigenvalue weighted by atomic mass is 16.5. The van der Waals surface area contributed by atoms with Gasteiger partial charge < -0.3 is 9.84 Å². The maximum atomic E-state index is 11.7. The molecule has 0 saturated carbocycles. The first-order valence-electron chi connectivity index (χ1n) is 5.23. The Labute approximate surface area is 99.3 Å². The van der Waals surface area contributed by atoms with Crippen LogP contribution in [-0.2, 0) is 0 Å². The number of esters is 1. The van der Waals surface area contributed by atoms with Crippen molar-refractivity contribution in [3.05, 3.63) is 59.7 Å². The van der Waals surface area contributed by atoms with E-state index in [1.165, 1.54) is 12.1 Å². The third-order valence-corrected chi connectivity index (χ3v) is 2.31. The van der Waals surface area contributed by atoms with Gasteiger partial charge in [0.1, 0.15) is 11.5 Å². The van der Waals surface area contributed by atoms with Crippen LogP contribution in [0.1, 0.15) is 15.9 Å². The summed E-state index contributed by atoms with van der Waals surface area (Å²) < 4.78 is 5.16. The molecule has 0 fully saturated rings. The second kappa shape index (κ2) is 4.70. The Morgan fingerprint density at radius 2 is 1.82 bits per heavy atom. The summed E-state index contributed by atoms with van der Waals surface area (Å²) in [5, 5.41) is 9.26. The van der Waals surface area contributed by atoms with Gasteiger partial charge in [-0.2, -0.15) is 0 Å².